The molecule has 0 aliphatic heterocycles. The van der Waals surface area contributed by atoms with E-state index in [1.165, 1.54) is 36.0 Å². The van der Waals surface area contributed by atoms with Crippen LogP contribution in [0.1, 0.15) is 54.4 Å². The van der Waals surface area contributed by atoms with Crippen molar-refractivity contribution in [1.82, 2.24) is 0 Å². The number of hydrogen-bond acceptors (Lipinski definition) is 2. The second kappa shape index (κ2) is 5.09. The monoisotopic (exact) mass is 233 g/mol. The second-order valence-corrected chi connectivity index (χ2v) is 5.27. The molecule has 94 valence electrons. The van der Waals surface area contributed by atoms with Gasteiger partial charge in [-0.2, -0.15) is 0 Å². The predicted molar refractivity (Wildman–Crippen MR) is 71.6 cm³/mol. The van der Waals surface area contributed by atoms with E-state index < -0.39 is 0 Å². The molecule has 0 radical (unpaired) electrons. The normalized spacial score (nSPS) is 16.6. The van der Waals surface area contributed by atoms with Gasteiger partial charge in [0.15, 0.2) is 0 Å². The van der Waals surface area contributed by atoms with E-state index in [1.807, 2.05) is 6.07 Å². The summed E-state index contributed by atoms with van der Waals surface area (Å²) in [5, 5.41) is 10.2. The average Bonchev–Trinajstić information content (AvgIpc) is 2.29. The Morgan fingerprint density at radius 3 is 2.59 bits per heavy atom. The maximum absolute atomic E-state index is 10.2. The van der Waals surface area contributed by atoms with Gasteiger partial charge in [-0.25, -0.2) is 0 Å². The van der Waals surface area contributed by atoms with Crippen LogP contribution in [-0.4, -0.2) is 11.7 Å². The van der Waals surface area contributed by atoms with Crippen molar-refractivity contribution in [2.75, 3.05) is 6.54 Å². The molecule has 0 saturated carbocycles. The van der Waals surface area contributed by atoms with Crippen LogP contribution in [0.25, 0.3) is 0 Å². The van der Waals surface area contributed by atoms with Gasteiger partial charge in [-0.05, 0) is 74.2 Å². The summed E-state index contributed by atoms with van der Waals surface area (Å²) >= 11 is 0. The van der Waals surface area contributed by atoms with Crippen molar-refractivity contribution in [3.63, 3.8) is 0 Å². The molecule has 1 atom stereocenters. The van der Waals surface area contributed by atoms with Crippen LogP contribution in [0.3, 0.4) is 0 Å². The molecule has 2 nitrogen and oxygen atoms in total. The van der Waals surface area contributed by atoms with E-state index in [1.54, 1.807) is 0 Å². The Morgan fingerprint density at radius 2 is 1.94 bits per heavy atom. The molecule has 0 saturated heterocycles. The SMILES string of the molecule is Cc1cc(O)c(C(C)CCN)c2c1CCCC2. The first kappa shape index (κ1) is 12.4. The lowest BCUT2D eigenvalue weighted by Gasteiger charge is -2.25. The van der Waals surface area contributed by atoms with E-state index in [4.69, 9.17) is 5.73 Å². The van der Waals surface area contributed by atoms with E-state index in [0.29, 0.717) is 18.2 Å². The molecule has 3 N–H and O–H groups in total. The van der Waals surface area contributed by atoms with Crippen LogP contribution < -0.4 is 5.73 Å². The number of aromatic hydroxyl groups is 1. The Morgan fingerprint density at radius 1 is 1.29 bits per heavy atom. The Hall–Kier alpha value is -1.02. The van der Waals surface area contributed by atoms with Crippen molar-refractivity contribution in [3.05, 3.63) is 28.3 Å². The van der Waals surface area contributed by atoms with Crippen molar-refractivity contribution < 1.29 is 5.11 Å². The molecule has 0 aromatic heterocycles. The lowest BCUT2D eigenvalue weighted by atomic mass is 9.80. The van der Waals surface area contributed by atoms with Gasteiger partial charge < -0.3 is 10.8 Å². The highest BCUT2D eigenvalue weighted by Crippen LogP contribution is 2.38. The van der Waals surface area contributed by atoms with E-state index in [9.17, 15) is 5.11 Å². The zero-order valence-electron chi connectivity index (χ0n) is 10.9. The maximum atomic E-state index is 10.2. The molecule has 2 rings (SSSR count). The van der Waals surface area contributed by atoms with E-state index >= 15 is 0 Å². The number of phenolic OH excluding ortho intramolecular Hbond substituents is 1. The van der Waals surface area contributed by atoms with Crippen LogP contribution in [0.15, 0.2) is 6.07 Å². The van der Waals surface area contributed by atoms with Crippen LogP contribution in [0.4, 0.5) is 0 Å². The molecule has 1 aromatic rings. The number of aryl methyl sites for hydroxylation is 1. The molecule has 0 heterocycles. The van der Waals surface area contributed by atoms with Crippen LogP contribution in [-0.2, 0) is 12.8 Å². The summed E-state index contributed by atoms with van der Waals surface area (Å²) in [5.41, 5.74) is 10.9. The third kappa shape index (κ3) is 2.32. The molecule has 1 unspecified atom stereocenters. The molecule has 0 amide bonds. The van der Waals surface area contributed by atoms with E-state index in [-0.39, 0.29) is 0 Å². The summed E-state index contributed by atoms with van der Waals surface area (Å²) in [4.78, 5) is 0. The zero-order chi connectivity index (χ0) is 12.4. The van der Waals surface area contributed by atoms with E-state index in [2.05, 4.69) is 13.8 Å². The first-order valence-corrected chi connectivity index (χ1v) is 6.69. The second-order valence-electron chi connectivity index (χ2n) is 5.27. The summed E-state index contributed by atoms with van der Waals surface area (Å²) in [6, 6.07) is 1.94. The fraction of sp³-hybridized carbons (Fsp3) is 0.600. The molecule has 0 fully saturated rings. The Bertz CT molecular complexity index is 412. The Balaban J connectivity index is 2.49. The molecular weight excluding hydrogens is 210 g/mol. The number of hydrogen-bond donors (Lipinski definition) is 2. The molecule has 1 aliphatic rings. The minimum Gasteiger partial charge on any atom is -0.508 e. The summed E-state index contributed by atoms with van der Waals surface area (Å²) in [6.45, 7) is 4.97. The Labute approximate surface area is 104 Å². The minimum atomic E-state index is 0.368. The highest BCUT2D eigenvalue weighted by atomic mass is 16.3. The molecule has 2 heteroatoms. The third-order valence-electron chi connectivity index (χ3n) is 3.99. The van der Waals surface area contributed by atoms with Crippen molar-refractivity contribution in [3.8, 4) is 5.75 Å². The fourth-order valence-electron chi connectivity index (χ4n) is 3.11. The van der Waals surface area contributed by atoms with Crippen molar-refractivity contribution in [1.29, 1.82) is 0 Å². The summed E-state index contributed by atoms with van der Waals surface area (Å²) < 4.78 is 0. The summed E-state index contributed by atoms with van der Waals surface area (Å²) in [7, 11) is 0. The highest BCUT2D eigenvalue weighted by Gasteiger charge is 2.21. The van der Waals surface area contributed by atoms with E-state index in [0.717, 1.165) is 18.4 Å². The first-order valence-electron chi connectivity index (χ1n) is 6.69. The van der Waals surface area contributed by atoms with Crippen molar-refractivity contribution in [2.45, 2.75) is 51.9 Å². The van der Waals surface area contributed by atoms with Crippen molar-refractivity contribution >= 4 is 0 Å². The van der Waals surface area contributed by atoms with Gasteiger partial charge in [-0.3, -0.25) is 0 Å². The topological polar surface area (TPSA) is 46.2 Å². The van der Waals surface area contributed by atoms with Gasteiger partial charge in [0.1, 0.15) is 5.75 Å². The number of rotatable bonds is 3. The molecule has 17 heavy (non-hydrogen) atoms. The number of nitrogens with two attached hydrogens (primary N) is 1. The summed E-state index contributed by atoms with van der Waals surface area (Å²) in [5.74, 6) is 0.844. The fourth-order valence-corrected chi connectivity index (χ4v) is 3.11. The van der Waals surface area contributed by atoms with Gasteiger partial charge in [-0.1, -0.05) is 6.92 Å². The highest BCUT2D eigenvalue weighted by molar-refractivity contribution is 5.51. The molecule has 0 spiro atoms. The molecule has 1 aliphatic carbocycles. The zero-order valence-corrected chi connectivity index (χ0v) is 10.9. The first-order chi connectivity index (χ1) is 8.15. The molecule has 1 aromatic carbocycles. The summed E-state index contributed by atoms with van der Waals surface area (Å²) in [6.07, 6.45) is 5.77. The predicted octanol–water partition coefficient (Wildman–Crippen LogP) is 3.03. The van der Waals surface area contributed by atoms with Gasteiger partial charge in [0.05, 0.1) is 0 Å². The third-order valence-corrected chi connectivity index (χ3v) is 3.99. The number of benzene rings is 1. The standard InChI is InChI=1S/C15H23NO/c1-10(7-8-16)15-13-6-4-3-5-12(13)11(2)9-14(15)17/h9-10,17H,3-8,16H2,1-2H3. The average molecular weight is 233 g/mol. The maximum Gasteiger partial charge on any atom is 0.119 e. The lowest BCUT2D eigenvalue weighted by molar-refractivity contribution is 0.456. The van der Waals surface area contributed by atoms with Gasteiger partial charge >= 0.3 is 0 Å². The van der Waals surface area contributed by atoms with Gasteiger partial charge in [-0.15, -0.1) is 0 Å². The minimum absolute atomic E-state index is 0.368. The smallest absolute Gasteiger partial charge is 0.119 e. The number of phenols is 1. The van der Waals surface area contributed by atoms with Crippen LogP contribution in [0, 0.1) is 6.92 Å². The largest absolute Gasteiger partial charge is 0.508 e. The van der Waals surface area contributed by atoms with Gasteiger partial charge in [0.25, 0.3) is 0 Å². The molecule has 0 bridgehead atoms. The van der Waals surface area contributed by atoms with Gasteiger partial charge in [0.2, 0.25) is 0 Å². The quantitative estimate of drug-likeness (QED) is 0.843. The van der Waals surface area contributed by atoms with Crippen LogP contribution >= 0.6 is 0 Å². The van der Waals surface area contributed by atoms with Crippen LogP contribution in [0.5, 0.6) is 5.75 Å². The Kier molecular flexibility index (Phi) is 3.72. The lowest BCUT2D eigenvalue weighted by Crippen LogP contribution is -2.12. The number of fused-ring (bicyclic) bond motifs is 1. The molecular formula is C15H23NO. The van der Waals surface area contributed by atoms with Crippen molar-refractivity contribution in [2.24, 2.45) is 5.73 Å². The van der Waals surface area contributed by atoms with Crippen LogP contribution in [0.2, 0.25) is 0 Å². The van der Waals surface area contributed by atoms with Gasteiger partial charge in [0, 0.05) is 5.56 Å².